The van der Waals surface area contributed by atoms with Crippen LogP contribution in [0.1, 0.15) is 22.3 Å². The van der Waals surface area contributed by atoms with E-state index in [0.717, 1.165) is 30.8 Å². The number of nitrogens with one attached hydrogen (secondary N) is 2. The van der Waals surface area contributed by atoms with Gasteiger partial charge >= 0.3 is 0 Å². The smallest absolute Gasteiger partial charge is 0.257 e. The molecule has 2 aromatic rings. The van der Waals surface area contributed by atoms with Crippen molar-refractivity contribution in [3.8, 4) is 0 Å². The zero-order valence-electron chi connectivity index (χ0n) is 11.2. The van der Waals surface area contributed by atoms with Crippen LogP contribution in [-0.2, 0) is 6.42 Å². The van der Waals surface area contributed by atoms with E-state index in [4.69, 9.17) is 23.2 Å². The Morgan fingerprint density at radius 1 is 1.14 bits per heavy atom. The molecule has 0 spiro atoms. The van der Waals surface area contributed by atoms with Crippen LogP contribution in [0.3, 0.4) is 0 Å². The van der Waals surface area contributed by atoms with Gasteiger partial charge in [0.15, 0.2) is 0 Å². The van der Waals surface area contributed by atoms with E-state index in [1.807, 2.05) is 18.2 Å². The molecule has 3 nitrogen and oxygen atoms in total. The van der Waals surface area contributed by atoms with Crippen molar-refractivity contribution < 1.29 is 4.79 Å². The maximum absolute atomic E-state index is 12.3. The fourth-order valence-corrected chi connectivity index (χ4v) is 2.92. The molecule has 1 heterocycles. The maximum atomic E-state index is 12.3. The summed E-state index contributed by atoms with van der Waals surface area (Å²) in [4.78, 5) is 12.3. The van der Waals surface area contributed by atoms with Crippen LogP contribution in [0.2, 0.25) is 10.0 Å². The SMILES string of the molecule is O=C(Nc1ccc2c(c1)CCCN2)c1ccc(Cl)cc1Cl. The van der Waals surface area contributed by atoms with Crippen LogP contribution in [0.25, 0.3) is 0 Å². The Morgan fingerprint density at radius 3 is 2.81 bits per heavy atom. The number of anilines is 2. The number of hydrogen-bond acceptors (Lipinski definition) is 2. The Hall–Kier alpha value is -1.71. The molecule has 1 aliphatic rings. The summed E-state index contributed by atoms with van der Waals surface area (Å²) in [5.41, 5.74) is 3.55. The second-order valence-corrected chi connectivity index (χ2v) is 5.82. The van der Waals surface area contributed by atoms with Crippen molar-refractivity contribution in [2.24, 2.45) is 0 Å². The number of fused-ring (bicyclic) bond motifs is 1. The summed E-state index contributed by atoms with van der Waals surface area (Å²) in [5, 5.41) is 7.07. The molecule has 0 saturated carbocycles. The van der Waals surface area contributed by atoms with Gasteiger partial charge in [0.1, 0.15) is 0 Å². The molecule has 0 radical (unpaired) electrons. The Morgan fingerprint density at radius 2 is 2.00 bits per heavy atom. The van der Waals surface area contributed by atoms with Gasteiger partial charge in [0.05, 0.1) is 10.6 Å². The van der Waals surface area contributed by atoms with E-state index in [1.165, 1.54) is 5.56 Å². The van der Waals surface area contributed by atoms with E-state index in [9.17, 15) is 4.79 Å². The molecule has 0 aliphatic carbocycles. The Bertz CT molecular complexity index is 701. The number of halogens is 2. The van der Waals surface area contributed by atoms with Crippen LogP contribution in [-0.4, -0.2) is 12.5 Å². The van der Waals surface area contributed by atoms with Gasteiger partial charge in [-0.05, 0) is 54.8 Å². The molecular weight excluding hydrogens is 307 g/mol. The van der Waals surface area contributed by atoms with Crippen LogP contribution in [0, 0.1) is 0 Å². The topological polar surface area (TPSA) is 41.1 Å². The average Bonchev–Trinajstić information content (AvgIpc) is 2.47. The maximum Gasteiger partial charge on any atom is 0.257 e. The molecule has 5 heteroatoms. The quantitative estimate of drug-likeness (QED) is 0.848. The van der Waals surface area contributed by atoms with Crippen molar-refractivity contribution in [1.82, 2.24) is 0 Å². The molecule has 2 aromatic carbocycles. The van der Waals surface area contributed by atoms with E-state index in [0.29, 0.717) is 15.6 Å². The van der Waals surface area contributed by atoms with E-state index < -0.39 is 0 Å². The van der Waals surface area contributed by atoms with Crippen molar-refractivity contribution in [2.45, 2.75) is 12.8 Å². The number of aryl methyl sites for hydroxylation is 1. The van der Waals surface area contributed by atoms with Gasteiger partial charge in [-0.3, -0.25) is 4.79 Å². The number of rotatable bonds is 2. The molecule has 0 unspecified atom stereocenters. The van der Waals surface area contributed by atoms with E-state index in [-0.39, 0.29) is 5.91 Å². The summed E-state index contributed by atoms with van der Waals surface area (Å²) in [5.74, 6) is -0.236. The number of hydrogen-bond donors (Lipinski definition) is 2. The highest BCUT2D eigenvalue weighted by molar-refractivity contribution is 6.37. The molecule has 2 N–H and O–H groups in total. The molecule has 0 atom stereocenters. The van der Waals surface area contributed by atoms with Gasteiger partial charge in [0, 0.05) is 22.9 Å². The number of carbonyl (C=O) groups is 1. The molecule has 0 aromatic heterocycles. The predicted octanol–water partition coefficient (Wildman–Crippen LogP) is 4.60. The largest absolute Gasteiger partial charge is 0.385 e. The van der Waals surface area contributed by atoms with Crippen molar-refractivity contribution in [3.63, 3.8) is 0 Å². The van der Waals surface area contributed by atoms with Crippen LogP contribution in [0.5, 0.6) is 0 Å². The average molecular weight is 321 g/mol. The predicted molar refractivity (Wildman–Crippen MR) is 87.7 cm³/mol. The van der Waals surface area contributed by atoms with Crippen LogP contribution >= 0.6 is 23.2 Å². The highest BCUT2D eigenvalue weighted by atomic mass is 35.5. The summed E-state index contributed by atoms with van der Waals surface area (Å²) in [6.07, 6.45) is 2.13. The third kappa shape index (κ3) is 3.14. The number of carbonyl (C=O) groups excluding carboxylic acids is 1. The second-order valence-electron chi connectivity index (χ2n) is 4.98. The minimum atomic E-state index is -0.236. The highest BCUT2D eigenvalue weighted by Crippen LogP contribution is 2.26. The van der Waals surface area contributed by atoms with Crippen molar-refractivity contribution in [1.29, 1.82) is 0 Å². The minimum Gasteiger partial charge on any atom is -0.385 e. The summed E-state index contributed by atoms with van der Waals surface area (Å²) in [7, 11) is 0. The van der Waals surface area contributed by atoms with Crippen molar-refractivity contribution in [3.05, 3.63) is 57.6 Å². The lowest BCUT2D eigenvalue weighted by atomic mass is 10.0. The first-order valence-corrected chi connectivity index (χ1v) is 7.52. The highest BCUT2D eigenvalue weighted by Gasteiger charge is 2.13. The van der Waals surface area contributed by atoms with Crippen molar-refractivity contribution in [2.75, 3.05) is 17.2 Å². The lowest BCUT2D eigenvalue weighted by Gasteiger charge is -2.19. The summed E-state index contributed by atoms with van der Waals surface area (Å²) in [6, 6.07) is 10.7. The lowest BCUT2D eigenvalue weighted by molar-refractivity contribution is 0.102. The summed E-state index contributed by atoms with van der Waals surface area (Å²) >= 11 is 11.9. The van der Waals surface area contributed by atoms with E-state index in [2.05, 4.69) is 10.6 Å². The Balaban J connectivity index is 1.81. The second kappa shape index (κ2) is 5.96. The first-order valence-electron chi connectivity index (χ1n) is 6.77. The molecular formula is C16H14Cl2N2O. The molecule has 1 aliphatic heterocycles. The van der Waals surface area contributed by atoms with Gasteiger partial charge in [-0.1, -0.05) is 23.2 Å². The van der Waals surface area contributed by atoms with Gasteiger partial charge in [0.2, 0.25) is 0 Å². The number of amides is 1. The van der Waals surface area contributed by atoms with Crippen molar-refractivity contribution >= 4 is 40.5 Å². The van der Waals surface area contributed by atoms with Gasteiger partial charge < -0.3 is 10.6 Å². The van der Waals surface area contributed by atoms with Gasteiger partial charge in [-0.2, -0.15) is 0 Å². The lowest BCUT2D eigenvalue weighted by Crippen LogP contribution is -2.15. The van der Waals surface area contributed by atoms with Gasteiger partial charge in [-0.25, -0.2) is 0 Å². The standard InChI is InChI=1S/C16H14Cl2N2O/c17-11-3-5-13(14(18)9-11)16(21)20-12-4-6-15-10(8-12)2-1-7-19-15/h3-6,8-9,19H,1-2,7H2,(H,20,21). The van der Waals surface area contributed by atoms with Crippen LogP contribution in [0.4, 0.5) is 11.4 Å². The zero-order chi connectivity index (χ0) is 14.8. The minimum absolute atomic E-state index is 0.236. The van der Waals surface area contributed by atoms with Crippen LogP contribution < -0.4 is 10.6 Å². The third-order valence-corrected chi connectivity index (χ3v) is 4.03. The molecule has 0 fully saturated rings. The summed E-state index contributed by atoms with van der Waals surface area (Å²) < 4.78 is 0. The first-order chi connectivity index (χ1) is 10.1. The first kappa shape index (κ1) is 14.2. The monoisotopic (exact) mass is 320 g/mol. The fourth-order valence-electron chi connectivity index (χ4n) is 2.42. The molecule has 0 saturated heterocycles. The molecule has 0 bridgehead atoms. The van der Waals surface area contributed by atoms with E-state index in [1.54, 1.807) is 18.2 Å². The Kier molecular flexibility index (Phi) is 4.04. The fraction of sp³-hybridized carbons (Fsp3) is 0.188. The van der Waals surface area contributed by atoms with E-state index >= 15 is 0 Å². The molecule has 1 amide bonds. The van der Waals surface area contributed by atoms with Crippen LogP contribution in [0.15, 0.2) is 36.4 Å². The molecule has 21 heavy (non-hydrogen) atoms. The molecule has 108 valence electrons. The van der Waals surface area contributed by atoms with Gasteiger partial charge in [0.25, 0.3) is 5.91 Å². The summed E-state index contributed by atoms with van der Waals surface area (Å²) in [6.45, 7) is 0.999. The Labute approximate surface area is 133 Å². The third-order valence-electron chi connectivity index (χ3n) is 3.48. The van der Waals surface area contributed by atoms with Gasteiger partial charge in [-0.15, -0.1) is 0 Å². The normalized spacial score (nSPS) is 13.2. The number of benzene rings is 2. The molecule has 3 rings (SSSR count). The zero-order valence-corrected chi connectivity index (χ0v) is 12.8.